The predicted molar refractivity (Wildman–Crippen MR) is 45.8 cm³/mol. The molecule has 0 aromatic heterocycles. The van der Waals surface area contributed by atoms with Crippen LogP contribution in [0.1, 0.15) is 21.5 Å². The monoisotopic (exact) mass is 188 g/mol. The van der Waals surface area contributed by atoms with Gasteiger partial charge >= 0.3 is 0 Å². The number of halogens is 1. The fourth-order valence-electron chi connectivity index (χ4n) is 1.09. The molecule has 3 nitrogen and oxygen atoms in total. The van der Waals surface area contributed by atoms with Crippen LogP contribution in [-0.2, 0) is 6.42 Å². The Kier molecular flexibility index (Phi) is 2.93. The summed E-state index contributed by atoms with van der Waals surface area (Å²) in [6.07, 6.45) is 0.266. The molecule has 1 rings (SSSR count). The van der Waals surface area contributed by atoms with E-state index in [0.29, 0.717) is 6.29 Å². The van der Waals surface area contributed by atoms with Crippen molar-refractivity contribution in [2.24, 2.45) is 0 Å². The molecule has 0 aliphatic rings. The number of nitriles is 2. The largest absolute Gasteiger partial charge is 0.298 e. The molecule has 0 fully saturated rings. The van der Waals surface area contributed by atoms with Gasteiger partial charge in [0.05, 0.1) is 24.1 Å². The lowest BCUT2D eigenvalue weighted by Crippen LogP contribution is -1.97. The summed E-state index contributed by atoms with van der Waals surface area (Å²) in [6.45, 7) is 0. The van der Waals surface area contributed by atoms with Crippen LogP contribution in [0.2, 0.25) is 0 Å². The van der Waals surface area contributed by atoms with E-state index in [9.17, 15) is 9.18 Å². The van der Waals surface area contributed by atoms with Gasteiger partial charge in [-0.3, -0.25) is 4.79 Å². The maximum absolute atomic E-state index is 13.2. The molecule has 0 aliphatic heterocycles. The van der Waals surface area contributed by atoms with Gasteiger partial charge in [0.25, 0.3) is 0 Å². The highest BCUT2D eigenvalue weighted by atomic mass is 19.1. The maximum Gasteiger partial charge on any atom is 0.150 e. The van der Waals surface area contributed by atoms with Gasteiger partial charge in [-0.15, -0.1) is 0 Å². The lowest BCUT2D eigenvalue weighted by Gasteiger charge is -2.02. The van der Waals surface area contributed by atoms with Crippen LogP contribution in [-0.4, -0.2) is 6.29 Å². The Labute approximate surface area is 80.0 Å². The third kappa shape index (κ3) is 1.75. The smallest absolute Gasteiger partial charge is 0.150 e. The van der Waals surface area contributed by atoms with Crippen molar-refractivity contribution in [2.45, 2.75) is 6.42 Å². The summed E-state index contributed by atoms with van der Waals surface area (Å²) < 4.78 is 13.2. The van der Waals surface area contributed by atoms with E-state index in [1.54, 1.807) is 12.1 Å². The van der Waals surface area contributed by atoms with Gasteiger partial charge in [-0.1, -0.05) is 0 Å². The van der Waals surface area contributed by atoms with E-state index in [-0.39, 0.29) is 23.1 Å². The zero-order valence-corrected chi connectivity index (χ0v) is 7.12. The van der Waals surface area contributed by atoms with Crippen LogP contribution >= 0.6 is 0 Å². The first-order chi connectivity index (χ1) is 6.72. The minimum atomic E-state index is -0.687. The molecule has 4 heteroatoms. The molecule has 1 aromatic carbocycles. The van der Waals surface area contributed by atoms with Crippen molar-refractivity contribution in [1.29, 1.82) is 10.5 Å². The molecule has 0 spiro atoms. The number of rotatable bonds is 2. The molecule has 0 aliphatic carbocycles. The van der Waals surface area contributed by atoms with Gasteiger partial charge in [0, 0.05) is 11.1 Å². The highest BCUT2D eigenvalue weighted by molar-refractivity contribution is 5.78. The Morgan fingerprint density at radius 1 is 1.43 bits per heavy atom. The third-order valence-corrected chi connectivity index (χ3v) is 1.74. The van der Waals surface area contributed by atoms with E-state index in [0.717, 1.165) is 6.07 Å². The SMILES string of the molecule is N#CCc1c(F)cc(C#N)cc1C=O. The molecule has 0 heterocycles. The van der Waals surface area contributed by atoms with Gasteiger partial charge in [0.1, 0.15) is 5.82 Å². The van der Waals surface area contributed by atoms with Gasteiger partial charge in [0.2, 0.25) is 0 Å². The fraction of sp³-hybridized carbons (Fsp3) is 0.100. The van der Waals surface area contributed by atoms with Gasteiger partial charge in [-0.2, -0.15) is 10.5 Å². The van der Waals surface area contributed by atoms with Crippen LogP contribution < -0.4 is 0 Å². The first-order valence-corrected chi connectivity index (χ1v) is 3.77. The number of carbonyl (C=O) groups excluding carboxylic acids is 1. The van der Waals surface area contributed by atoms with E-state index in [1.807, 2.05) is 0 Å². The van der Waals surface area contributed by atoms with E-state index in [1.165, 1.54) is 6.07 Å². The minimum Gasteiger partial charge on any atom is -0.298 e. The average Bonchev–Trinajstić information content (AvgIpc) is 2.20. The second-order valence-electron chi connectivity index (χ2n) is 2.59. The number of hydrogen-bond acceptors (Lipinski definition) is 3. The summed E-state index contributed by atoms with van der Waals surface area (Å²) in [6, 6.07) is 5.77. The van der Waals surface area contributed by atoms with Crippen molar-refractivity contribution in [1.82, 2.24) is 0 Å². The predicted octanol–water partition coefficient (Wildman–Crippen LogP) is 1.58. The van der Waals surface area contributed by atoms with Crippen molar-refractivity contribution < 1.29 is 9.18 Å². The summed E-state index contributed by atoms with van der Waals surface area (Å²) in [4.78, 5) is 10.5. The lowest BCUT2D eigenvalue weighted by atomic mass is 10.0. The molecular weight excluding hydrogens is 183 g/mol. The first kappa shape index (κ1) is 9.88. The molecule has 1 aromatic rings. The molecule has 0 saturated heterocycles. The molecule has 14 heavy (non-hydrogen) atoms. The topological polar surface area (TPSA) is 64.7 Å². The Hall–Kier alpha value is -2.20. The molecular formula is C10H5FN2O. The summed E-state index contributed by atoms with van der Waals surface area (Å²) in [5, 5.41) is 16.9. The summed E-state index contributed by atoms with van der Waals surface area (Å²) in [5.74, 6) is -0.687. The van der Waals surface area contributed by atoms with E-state index in [4.69, 9.17) is 10.5 Å². The molecule has 0 N–H and O–H groups in total. The number of aldehydes is 1. The number of hydrogen-bond donors (Lipinski definition) is 0. The normalized spacial score (nSPS) is 8.79. The van der Waals surface area contributed by atoms with Crippen LogP contribution in [0, 0.1) is 28.5 Å². The molecule has 0 amide bonds. The minimum absolute atomic E-state index is 0.0431. The van der Waals surface area contributed by atoms with Crippen LogP contribution in [0.3, 0.4) is 0 Å². The van der Waals surface area contributed by atoms with Crippen LogP contribution in [0.15, 0.2) is 12.1 Å². The number of nitrogens with zero attached hydrogens (tertiary/aromatic N) is 2. The Balaban J connectivity index is 3.37. The lowest BCUT2D eigenvalue weighted by molar-refractivity contribution is 0.112. The molecule has 0 atom stereocenters. The van der Waals surface area contributed by atoms with Crippen molar-refractivity contribution in [3.05, 3.63) is 34.6 Å². The van der Waals surface area contributed by atoms with Gasteiger partial charge in [-0.25, -0.2) is 4.39 Å². The van der Waals surface area contributed by atoms with Crippen LogP contribution in [0.5, 0.6) is 0 Å². The quantitative estimate of drug-likeness (QED) is 0.661. The molecule has 68 valence electrons. The molecule has 0 radical (unpaired) electrons. The Bertz CT molecular complexity index is 454. The summed E-state index contributed by atoms with van der Waals surface area (Å²) >= 11 is 0. The van der Waals surface area contributed by atoms with Crippen molar-refractivity contribution >= 4 is 6.29 Å². The van der Waals surface area contributed by atoms with Crippen molar-refractivity contribution in [2.75, 3.05) is 0 Å². The van der Waals surface area contributed by atoms with Gasteiger partial charge in [-0.05, 0) is 12.1 Å². The zero-order chi connectivity index (χ0) is 10.6. The zero-order valence-electron chi connectivity index (χ0n) is 7.12. The number of benzene rings is 1. The van der Waals surface area contributed by atoms with Crippen LogP contribution in [0.4, 0.5) is 4.39 Å². The number of carbonyl (C=O) groups is 1. The van der Waals surface area contributed by atoms with Crippen molar-refractivity contribution in [3.8, 4) is 12.1 Å². The average molecular weight is 188 g/mol. The van der Waals surface area contributed by atoms with Gasteiger partial charge in [0.15, 0.2) is 6.29 Å². The van der Waals surface area contributed by atoms with Gasteiger partial charge < -0.3 is 0 Å². The standard InChI is InChI=1S/C10H5FN2O/c11-10-4-7(5-13)3-8(6-14)9(10)1-2-12/h3-4,6H,1H2. The van der Waals surface area contributed by atoms with Crippen molar-refractivity contribution in [3.63, 3.8) is 0 Å². The maximum atomic E-state index is 13.2. The third-order valence-electron chi connectivity index (χ3n) is 1.74. The van der Waals surface area contributed by atoms with E-state index in [2.05, 4.69) is 0 Å². The second kappa shape index (κ2) is 4.15. The molecule has 0 bridgehead atoms. The first-order valence-electron chi connectivity index (χ1n) is 3.77. The summed E-state index contributed by atoms with van der Waals surface area (Å²) in [5.41, 5.74) is 0.177. The Morgan fingerprint density at radius 2 is 2.14 bits per heavy atom. The molecule has 0 unspecified atom stereocenters. The second-order valence-corrected chi connectivity index (χ2v) is 2.59. The Morgan fingerprint density at radius 3 is 2.64 bits per heavy atom. The van der Waals surface area contributed by atoms with Crippen LogP contribution in [0.25, 0.3) is 0 Å². The highest BCUT2D eigenvalue weighted by Crippen LogP contribution is 2.15. The van der Waals surface area contributed by atoms with E-state index >= 15 is 0 Å². The highest BCUT2D eigenvalue weighted by Gasteiger charge is 2.09. The molecule has 0 saturated carbocycles. The van der Waals surface area contributed by atoms with E-state index < -0.39 is 5.82 Å². The fourth-order valence-corrected chi connectivity index (χ4v) is 1.09. The summed E-state index contributed by atoms with van der Waals surface area (Å²) in [7, 11) is 0.